The van der Waals surface area contributed by atoms with Gasteiger partial charge in [-0.2, -0.15) is 10.1 Å². The molecule has 55 heavy (non-hydrogen) atoms. The molecule has 288 valence electrons. The van der Waals surface area contributed by atoms with Crippen LogP contribution in [0.3, 0.4) is 0 Å². The topological polar surface area (TPSA) is 189 Å². The van der Waals surface area contributed by atoms with Crippen LogP contribution in [0.5, 0.6) is 0 Å². The number of carbonyl (C=O) groups excluding carboxylic acids is 2. The van der Waals surface area contributed by atoms with Gasteiger partial charge in [0.15, 0.2) is 10.8 Å². The summed E-state index contributed by atoms with van der Waals surface area (Å²) in [7, 11) is -4.05. The van der Waals surface area contributed by atoms with Crippen LogP contribution in [0.15, 0.2) is 54.9 Å². The number of benzene rings is 1. The lowest BCUT2D eigenvalue weighted by molar-refractivity contribution is -0.137. The number of hydrogen-bond donors (Lipinski definition) is 3. The van der Waals surface area contributed by atoms with Gasteiger partial charge in [0, 0.05) is 54.6 Å². The maximum absolute atomic E-state index is 13.9. The maximum Gasteiger partial charge on any atom is 0.303 e. The van der Waals surface area contributed by atoms with Crippen LogP contribution in [0.2, 0.25) is 0 Å². The van der Waals surface area contributed by atoms with E-state index in [1.165, 1.54) is 30.6 Å². The number of amides is 2. The zero-order chi connectivity index (χ0) is 38.5. The highest BCUT2D eigenvalue weighted by molar-refractivity contribution is 7.90. The number of carboxylic acid groups (broad SMARTS) is 1. The number of rotatable bonds is 14. The zero-order valence-electron chi connectivity index (χ0n) is 30.7. The Labute approximate surface area is 323 Å². The number of carboxylic acids is 1. The number of pyridine rings is 2. The van der Waals surface area contributed by atoms with E-state index in [2.05, 4.69) is 25.1 Å². The van der Waals surface area contributed by atoms with Gasteiger partial charge in [0.2, 0.25) is 10.0 Å². The number of nitrogens with zero attached hydrogens (tertiary/aromatic N) is 6. The molecule has 7 rings (SSSR count). The van der Waals surface area contributed by atoms with Crippen molar-refractivity contribution in [1.82, 2.24) is 29.5 Å². The molecule has 1 aliphatic carbocycles. The van der Waals surface area contributed by atoms with E-state index in [4.69, 9.17) is 10.1 Å². The number of thiazole rings is 1. The molecule has 0 spiro atoms. The Morgan fingerprint density at radius 2 is 1.80 bits per heavy atom. The number of aliphatic carboxylic acids is 1. The van der Waals surface area contributed by atoms with E-state index in [0.29, 0.717) is 71.6 Å². The molecule has 0 saturated heterocycles. The van der Waals surface area contributed by atoms with Crippen LogP contribution in [-0.4, -0.2) is 68.3 Å². The summed E-state index contributed by atoms with van der Waals surface area (Å²) in [6.07, 6.45) is 10.9. The lowest BCUT2D eigenvalue weighted by atomic mass is 9.89. The quantitative estimate of drug-likeness (QED) is 0.106. The first kappa shape index (κ1) is 38.1. The minimum Gasteiger partial charge on any atom is -0.481 e. The Morgan fingerprint density at radius 3 is 2.60 bits per heavy atom. The van der Waals surface area contributed by atoms with Crippen LogP contribution in [0.4, 0.5) is 10.9 Å². The van der Waals surface area contributed by atoms with Crippen molar-refractivity contribution >= 4 is 60.4 Å². The van der Waals surface area contributed by atoms with Gasteiger partial charge in [-0.25, -0.2) is 23.1 Å². The van der Waals surface area contributed by atoms with Gasteiger partial charge in [0.25, 0.3) is 11.8 Å². The van der Waals surface area contributed by atoms with Crippen LogP contribution in [0.1, 0.15) is 95.5 Å². The molecule has 3 N–H and O–H groups in total. The summed E-state index contributed by atoms with van der Waals surface area (Å²) in [5.41, 5.74) is 4.89. The third kappa shape index (κ3) is 9.02. The molecular weight excluding hydrogens is 741 g/mol. The highest BCUT2D eigenvalue weighted by Crippen LogP contribution is 2.33. The number of fused-ring (bicyclic) bond motifs is 2. The molecular formula is C39H44N8O6S2. The van der Waals surface area contributed by atoms with Crippen molar-refractivity contribution in [3.8, 4) is 11.1 Å². The largest absolute Gasteiger partial charge is 0.481 e. The highest BCUT2D eigenvalue weighted by Gasteiger charge is 2.28. The molecule has 2 amide bonds. The van der Waals surface area contributed by atoms with Gasteiger partial charge in [0.1, 0.15) is 11.5 Å². The Balaban J connectivity index is 1.15. The Kier molecular flexibility index (Phi) is 11.5. The Bertz CT molecular complexity index is 2300. The van der Waals surface area contributed by atoms with Gasteiger partial charge in [-0.05, 0) is 86.4 Å². The summed E-state index contributed by atoms with van der Waals surface area (Å²) in [5, 5.41) is 17.0. The van der Waals surface area contributed by atoms with Crippen molar-refractivity contribution in [3.05, 3.63) is 82.9 Å². The molecule has 4 aromatic heterocycles. The standard InChI is InChI=1S/C39H44N8O6S2/c1-25-30(22-41-47(25)23-26-10-4-2-5-11-26)28-16-17-33(42-35(28)38(51)45-55(52,53)21-7-3-6-15-34(48)49)46-20-18-27-12-8-13-29(31(27)24-46)37(50)44-39-43-36-32(54-39)14-9-19-40-36/h8-9,12-14,16-17,19,22,26H,2-7,10-11,15,18,20-21,23-24H2,1H3,(H,45,51)(H,48,49)(H,40,43,44,50). The summed E-state index contributed by atoms with van der Waals surface area (Å²) in [5.74, 6) is -1.43. The summed E-state index contributed by atoms with van der Waals surface area (Å²) >= 11 is 1.35. The predicted molar refractivity (Wildman–Crippen MR) is 211 cm³/mol. The minimum atomic E-state index is -4.05. The highest BCUT2D eigenvalue weighted by atomic mass is 32.2. The summed E-state index contributed by atoms with van der Waals surface area (Å²) in [6.45, 7) is 3.62. The first-order chi connectivity index (χ1) is 26.5. The third-order valence-electron chi connectivity index (χ3n) is 10.4. The van der Waals surface area contributed by atoms with Crippen molar-refractivity contribution in [2.45, 2.75) is 84.2 Å². The Morgan fingerprint density at radius 1 is 0.964 bits per heavy atom. The maximum atomic E-state index is 13.9. The molecule has 1 aliphatic heterocycles. The van der Waals surface area contributed by atoms with E-state index >= 15 is 0 Å². The third-order valence-corrected chi connectivity index (χ3v) is 12.7. The molecule has 0 bridgehead atoms. The predicted octanol–water partition coefficient (Wildman–Crippen LogP) is 6.36. The second-order valence-electron chi connectivity index (χ2n) is 14.3. The molecule has 1 saturated carbocycles. The number of carbonyl (C=O) groups is 3. The van der Waals surface area contributed by atoms with Crippen LogP contribution in [0, 0.1) is 12.8 Å². The zero-order valence-corrected chi connectivity index (χ0v) is 32.3. The van der Waals surface area contributed by atoms with Gasteiger partial charge in [-0.15, -0.1) is 0 Å². The molecule has 1 fully saturated rings. The number of hydrogen-bond acceptors (Lipinski definition) is 11. The smallest absolute Gasteiger partial charge is 0.303 e. The molecule has 1 aromatic carbocycles. The monoisotopic (exact) mass is 784 g/mol. The van der Waals surface area contributed by atoms with Crippen molar-refractivity contribution in [2.75, 3.05) is 22.5 Å². The lowest BCUT2D eigenvalue weighted by Crippen LogP contribution is -2.35. The van der Waals surface area contributed by atoms with Gasteiger partial charge < -0.3 is 10.0 Å². The summed E-state index contributed by atoms with van der Waals surface area (Å²) < 4.78 is 31.3. The first-order valence-corrected chi connectivity index (χ1v) is 21.2. The molecule has 0 radical (unpaired) electrons. The second-order valence-corrected chi connectivity index (χ2v) is 17.1. The van der Waals surface area contributed by atoms with Crippen molar-refractivity contribution in [1.29, 1.82) is 0 Å². The Hall–Kier alpha value is -5.22. The average molecular weight is 785 g/mol. The number of unbranched alkanes of at least 4 members (excludes halogenated alkanes) is 2. The average Bonchev–Trinajstić information content (AvgIpc) is 3.75. The molecule has 2 aliphatic rings. The lowest BCUT2D eigenvalue weighted by Gasteiger charge is -2.31. The second kappa shape index (κ2) is 16.7. The van der Waals surface area contributed by atoms with E-state index in [9.17, 15) is 22.8 Å². The van der Waals surface area contributed by atoms with E-state index in [-0.39, 0.29) is 30.2 Å². The normalized spacial score (nSPS) is 14.8. The molecule has 5 heterocycles. The van der Waals surface area contributed by atoms with Crippen molar-refractivity contribution in [3.63, 3.8) is 0 Å². The summed E-state index contributed by atoms with van der Waals surface area (Å²) in [6, 6.07) is 13.0. The van der Waals surface area contributed by atoms with Gasteiger partial charge in [0.05, 0.1) is 16.6 Å². The van der Waals surface area contributed by atoms with E-state index in [1.54, 1.807) is 24.5 Å². The van der Waals surface area contributed by atoms with E-state index in [0.717, 1.165) is 40.9 Å². The number of nitrogens with one attached hydrogen (secondary N) is 2. The van der Waals surface area contributed by atoms with Crippen LogP contribution < -0.4 is 14.9 Å². The van der Waals surface area contributed by atoms with Gasteiger partial charge in [-0.3, -0.25) is 24.4 Å². The number of sulfonamides is 1. The summed E-state index contributed by atoms with van der Waals surface area (Å²) in [4.78, 5) is 54.0. The number of aromatic nitrogens is 5. The van der Waals surface area contributed by atoms with Crippen LogP contribution in [-0.2, 0) is 34.3 Å². The van der Waals surface area contributed by atoms with E-state index in [1.807, 2.05) is 46.8 Å². The molecule has 0 unspecified atom stereocenters. The fraction of sp³-hybridized carbons (Fsp3) is 0.410. The number of anilines is 2. The fourth-order valence-corrected chi connectivity index (χ4v) is 9.37. The van der Waals surface area contributed by atoms with Gasteiger partial charge >= 0.3 is 5.97 Å². The van der Waals surface area contributed by atoms with Gasteiger partial charge in [-0.1, -0.05) is 49.2 Å². The van der Waals surface area contributed by atoms with E-state index < -0.39 is 21.9 Å². The van der Waals surface area contributed by atoms with Crippen LogP contribution >= 0.6 is 11.3 Å². The molecule has 0 atom stereocenters. The minimum absolute atomic E-state index is 0.0474. The molecule has 14 nitrogen and oxygen atoms in total. The molecule has 5 aromatic rings. The van der Waals surface area contributed by atoms with Crippen molar-refractivity contribution in [2.24, 2.45) is 5.92 Å². The molecule has 16 heteroatoms. The SMILES string of the molecule is Cc1c(-c2ccc(N3CCc4cccc(C(=O)Nc5nc6ncccc6s5)c4C3)nc2C(=O)NS(=O)(=O)CCCCCC(=O)O)cnn1CC1CCCCC1. The van der Waals surface area contributed by atoms with Crippen LogP contribution in [0.25, 0.3) is 21.5 Å². The fourth-order valence-electron chi connectivity index (χ4n) is 7.49. The first-order valence-electron chi connectivity index (χ1n) is 18.7. The van der Waals surface area contributed by atoms with Crippen molar-refractivity contribution < 1.29 is 27.9 Å².